The largest absolute Gasteiger partial charge is 0.465 e. The predicted octanol–water partition coefficient (Wildman–Crippen LogP) is 5.11. The molecule has 0 spiro atoms. The maximum atomic E-state index is 12.1. The van der Waals surface area contributed by atoms with Crippen molar-refractivity contribution in [3.8, 4) is 5.69 Å². The molecule has 2 amide bonds. The number of ether oxygens (including phenoxy) is 1. The number of anilines is 1. The molecule has 8 heteroatoms. The summed E-state index contributed by atoms with van der Waals surface area (Å²) in [5, 5.41) is 6.78. The normalized spacial score (nSPS) is 10.9. The number of hydrogen-bond donors (Lipinski definition) is 2. The van der Waals surface area contributed by atoms with Crippen molar-refractivity contribution >= 4 is 39.8 Å². The highest BCUT2D eigenvalue weighted by atomic mass is 79.9. The van der Waals surface area contributed by atoms with Crippen LogP contribution in [0.15, 0.2) is 58.1 Å². The van der Waals surface area contributed by atoms with Gasteiger partial charge in [0.05, 0.1) is 18.9 Å². The first-order valence-electron chi connectivity index (χ1n) is 9.54. The third kappa shape index (κ3) is 5.21. The monoisotopic (exact) mass is 482 g/mol. The summed E-state index contributed by atoms with van der Waals surface area (Å²) >= 11 is 3.36. The molecule has 0 bridgehead atoms. The Labute approximate surface area is 189 Å². The van der Waals surface area contributed by atoms with Crippen LogP contribution in [0.4, 0.5) is 10.5 Å². The molecular formula is C23H23BrN4O3. The number of hydrazone groups is 1. The average Bonchev–Trinajstić information content (AvgIpc) is 3.00. The summed E-state index contributed by atoms with van der Waals surface area (Å²) in [6.07, 6.45) is 1.61. The highest BCUT2D eigenvalue weighted by Gasteiger charge is 2.14. The van der Waals surface area contributed by atoms with Crippen molar-refractivity contribution in [3.05, 3.63) is 81.1 Å². The van der Waals surface area contributed by atoms with E-state index in [0.717, 1.165) is 32.7 Å². The molecular weight excluding hydrogens is 460 g/mol. The van der Waals surface area contributed by atoms with Gasteiger partial charge >= 0.3 is 12.0 Å². The second-order valence-corrected chi connectivity index (χ2v) is 7.90. The Morgan fingerprint density at radius 3 is 2.55 bits per heavy atom. The third-order valence-electron chi connectivity index (χ3n) is 4.78. The molecule has 0 aliphatic rings. The van der Waals surface area contributed by atoms with Crippen molar-refractivity contribution in [3.63, 3.8) is 0 Å². The number of methoxy groups -OCH3 is 1. The van der Waals surface area contributed by atoms with Crippen LogP contribution in [-0.2, 0) is 4.74 Å². The maximum Gasteiger partial charge on any atom is 0.339 e. The zero-order valence-corrected chi connectivity index (χ0v) is 19.3. The van der Waals surface area contributed by atoms with Crippen molar-refractivity contribution in [1.82, 2.24) is 9.99 Å². The van der Waals surface area contributed by atoms with E-state index in [0.29, 0.717) is 11.3 Å². The van der Waals surface area contributed by atoms with E-state index in [1.807, 2.05) is 51.1 Å². The Balaban J connectivity index is 1.75. The number of carbonyl (C=O) groups is 2. The van der Waals surface area contributed by atoms with Gasteiger partial charge in [-0.05, 0) is 68.8 Å². The number of urea groups is 1. The first-order chi connectivity index (χ1) is 14.8. The van der Waals surface area contributed by atoms with Gasteiger partial charge in [0.15, 0.2) is 0 Å². The maximum absolute atomic E-state index is 12.1. The molecule has 0 aliphatic heterocycles. The molecule has 0 unspecified atom stereocenters. The predicted molar refractivity (Wildman–Crippen MR) is 125 cm³/mol. The Morgan fingerprint density at radius 2 is 1.87 bits per heavy atom. The number of aryl methyl sites for hydroxylation is 2. The average molecular weight is 483 g/mol. The molecule has 1 aromatic heterocycles. The lowest BCUT2D eigenvalue weighted by Crippen LogP contribution is -2.24. The first-order valence-corrected chi connectivity index (χ1v) is 10.3. The van der Waals surface area contributed by atoms with Crippen LogP contribution in [-0.4, -0.2) is 29.9 Å². The van der Waals surface area contributed by atoms with Gasteiger partial charge in [-0.25, -0.2) is 15.0 Å². The quantitative estimate of drug-likeness (QED) is 0.301. The van der Waals surface area contributed by atoms with Gasteiger partial charge in [0.25, 0.3) is 0 Å². The minimum absolute atomic E-state index is 0.365. The van der Waals surface area contributed by atoms with Crippen LogP contribution in [0.1, 0.15) is 32.9 Å². The van der Waals surface area contributed by atoms with E-state index < -0.39 is 6.03 Å². The van der Waals surface area contributed by atoms with Crippen LogP contribution in [0.5, 0.6) is 0 Å². The van der Waals surface area contributed by atoms with E-state index in [9.17, 15) is 9.59 Å². The highest BCUT2D eigenvalue weighted by molar-refractivity contribution is 9.10. The molecule has 1 heterocycles. The zero-order valence-electron chi connectivity index (χ0n) is 17.7. The number of rotatable bonds is 5. The number of carbonyl (C=O) groups excluding carboxylic acids is 2. The fraction of sp³-hybridized carbons (Fsp3) is 0.174. The molecule has 160 valence electrons. The van der Waals surface area contributed by atoms with Crippen LogP contribution in [0.2, 0.25) is 0 Å². The SMILES string of the molecule is COC(=O)c1ccc(-n2c(C)cc(/C=N/NC(=O)Nc3cccc(Br)c3)c2C)c(C)c1. The second-order valence-electron chi connectivity index (χ2n) is 6.99. The number of amides is 2. The summed E-state index contributed by atoms with van der Waals surface area (Å²) in [6, 6.07) is 14.3. The Morgan fingerprint density at radius 1 is 1.10 bits per heavy atom. The number of nitrogens with one attached hydrogen (secondary N) is 2. The van der Waals surface area contributed by atoms with Crippen LogP contribution >= 0.6 is 15.9 Å². The molecule has 31 heavy (non-hydrogen) atoms. The number of esters is 1. The molecule has 0 radical (unpaired) electrons. The number of nitrogens with zero attached hydrogens (tertiary/aromatic N) is 2. The third-order valence-corrected chi connectivity index (χ3v) is 5.27. The Bertz CT molecular complexity index is 1170. The van der Waals surface area contributed by atoms with E-state index in [2.05, 4.69) is 36.3 Å². The number of halogens is 1. The topological polar surface area (TPSA) is 84.7 Å². The standard InChI is InChI=1S/C23H23BrN4O3/c1-14-10-17(22(29)31-4)8-9-21(14)28-15(2)11-18(16(28)3)13-25-27-23(30)26-20-7-5-6-19(24)12-20/h5-13H,1-4H3,(H2,26,27,30)/b25-13+. The molecule has 0 fully saturated rings. The van der Waals surface area contributed by atoms with Crippen LogP contribution in [0.3, 0.4) is 0 Å². The van der Waals surface area contributed by atoms with Gasteiger partial charge < -0.3 is 14.6 Å². The van der Waals surface area contributed by atoms with Gasteiger partial charge in [-0.15, -0.1) is 0 Å². The summed E-state index contributed by atoms with van der Waals surface area (Å²) in [7, 11) is 1.37. The number of hydrogen-bond acceptors (Lipinski definition) is 4. The molecule has 0 saturated heterocycles. The van der Waals surface area contributed by atoms with E-state index >= 15 is 0 Å². The van der Waals surface area contributed by atoms with E-state index in [4.69, 9.17) is 4.74 Å². The molecule has 3 rings (SSSR count). The van der Waals surface area contributed by atoms with Gasteiger partial charge in [-0.2, -0.15) is 5.10 Å². The van der Waals surface area contributed by atoms with Crippen molar-refractivity contribution in [2.45, 2.75) is 20.8 Å². The van der Waals surface area contributed by atoms with E-state index in [-0.39, 0.29) is 5.97 Å². The second kappa shape index (κ2) is 9.61. The molecule has 2 aromatic carbocycles. The summed E-state index contributed by atoms with van der Waals surface area (Å²) in [5.74, 6) is -0.365. The van der Waals surface area contributed by atoms with E-state index in [1.54, 1.807) is 24.4 Å². The lowest BCUT2D eigenvalue weighted by atomic mass is 10.1. The van der Waals surface area contributed by atoms with Crippen LogP contribution < -0.4 is 10.7 Å². The van der Waals surface area contributed by atoms with Gasteiger partial charge in [0.2, 0.25) is 0 Å². The Kier molecular flexibility index (Phi) is 6.91. The lowest BCUT2D eigenvalue weighted by molar-refractivity contribution is 0.0600. The van der Waals surface area contributed by atoms with E-state index in [1.165, 1.54) is 7.11 Å². The summed E-state index contributed by atoms with van der Waals surface area (Å²) in [4.78, 5) is 23.8. The van der Waals surface area contributed by atoms with Gasteiger partial charge in [-0.3, -0.25) is 0 Å². The minimum Gasteiger partial charge on any atom is -0.465 e. The fourth-order valence-corrected chi connectivity index (χ4v) is 3.73. The lowest BCUT2D eigenvalue weighted by Gasteiger charge is -2.13. The van der Waals surface area contributed by atoms with Crippen molar-refractivity contribution in [2.24, 2.45) is 5.10 Å². The number of aromatic nitrogens is 1. The molecule has 0 atom stereocenters. The van der Waals surface area contributed by atoms with Crippen molar-refractivity contribution in [2.75, 3.05) is 12.4 Å². The zero-order chi connectivity index (χ0) is 22.5. The summed E-state index contributed by atoms with van der Waals surface area (Å²) in [6.45, 7) is 5.91. The molecule has 7 nitrogen and oxygen atoms in total. The van der Waals surface area contributed by atoms with Gasteiger partial charge in [0, 0.05) is 32.8 Å². The first kappa shape index (κ1) is 22.3. The van der Waals surface area contributed by atoms with Gasteiger partial charge in [0.1, 0.15) is 0 Å². The molecule has 2 N–H and O–H groups in total. The Hall–Kier alpha value is -3.39. The summed E-state index contributed by atoms with van der Waals surface area (Å²) < 4.78 is 7.74. The highest BCUT2D eigenvalue weighted by Crippen LogP contribution is 2.23. The molecule has 3 aromatic rings. The van der Waals surface area contributed by atoms with Crippen LogP contribution in [0, 0.1) is 20.8 Å². The van der Waals surface area contributed by atoms with Crippen molar-refractivity contribution < 1.29 is 14.3 Å². The fourth-order valence-electron chi connectivity index (χ4n) is 3.33. The molecule has 0 saturated carbocycles. The molecule has 0 aliphatic carbocycles. The minimum atomic E-state index is -0.433. The van der Waals surface area contributed by atoms with Gasteiger partial charge in [-0.1, -0.05) is 22.0 Å². The number of benzene rings is 2. The summed E-state index contributed by atoms with van der Waals surface area (Å²) in [5.41, 5.74) is 8.39. The van der Waals surface area contributed by atoms with Crippen molar-refractivity contribution in [1.29, 1.82) is 0 Å². The van der Waals surface area contributed by atoms with Crippen LogP contribution in [0.25, 0.3) is 5.69 Å². The smallest absolute Gasteiger partial charge is 0.339 e.